The summed E-state index contributed by atoms with van der Waals surface area (Å²) in [7, 11) is 3.75. The molecule has 0 N–H and O–H groups in total. The third-order valence-corrected chi connectivity index (χ3v) is 4.46. The van der Waals surface area contributed by atoms with E-state index in [0.29, 0.717) is 5.82 Å². The zero-order valence-electron chi connectivity index (χ0n) is 11.3. The van der Waals surface area contributed by atoms with Crippen LogP contribution in [0, 0.1) is 6.92 Å². The lowest BCUT2D eigenvalue weighted by atomic mass is 10.2. The molecule has 0 radical (unpaired) electrons. The van der Waals surface area contributed by atoms with Gasteiger partial charge in [-0.1, -0.05) is 0 Å². The second-order valence-corrected chi connectivity index (χ2v) is 6.09. The molecule has 19 heavy (non-hydrogen) atoms. The Hall–Kier alpha value is -1.69. The van der Waals surface area contributed by atoms with Crippen molar-refractivity contribution < 1.29 is 0 Å². The number of thiophene rings is 1. The predicted molar refractivity (Wildman–Crippen MR) is 78.2 cm³/mol. The van der Waals surface area contributed by atoms with Gasteiger partial charge in [0.15, 0.2) is 0 Å². The molecular weight excluding hydrogens is 260 g/mol. The average Bonchev–Trinajstić information content (AvgIpc) is 2.87. The Morgan fingerprint density at radius 3 is 2.95 bits per heavy atom. The van der Waals surface area contributed by atoms with Crippen LogP contribution in [-0.4, -0.2) is 35.0 Å². The highest BCUT2D eigenvalue weighted by molar-refractivity contribution is 7.18. The first-order chi connectivity index (χ1) is 9.08. The molecule has 2 aromatic heterocycles. The Morgan fingerprint density at radius 2 is 2.21 bits per heavy atom. The number of hydrogen-bond donors (Lipinski definition) is 0. The molecule has 0 saturated heterocycles. The lowest BCUT2D eigenvalue weighted by Gasteiger charge is -2.06. The average molecular weight is 276 g/mol. The minimum absolute atomic E-state index is 0.0417. The van der Waals surface area contributed by atoms with Crippen molar-refractivity contribution in [3.8, 4) is 0 Å². The Kier molecular flexibility index (Phi) is 2.89. The molecule has 3 rings (SSSR count). The van der Waals surface area contributed by atoms with Crippen molar-refractivity contribution in [3.63, 3.8) is 0 Å². The highest BCUT2D eigenvalue weighted by Crippen LogP contribution is 2.34. The minimum Gasteiger partial charge on any atom is -0.367 e. The van der Waals surface area contributed by atoms with Crippen LogP contribution < -0.4 is 5.56 Å². The van der Waals surface area contributed by atoms with Gasteiger partial charge in [0.1, 0.15) is 17.0 Å². The summed E-state index contributed by atoms with van der Waals surface area (Å²) in [5.41, 5.74) is 1.16. The van der Waals surface area contributed by atoms with Crippen molar-refractivity contribution >= 4 is 27.9 Å². The second kappa shape index (κ2) is 4.45. The molecule has 0 saturated carbocycles. The fraction of sp³-hybridized carbons (Fsp3) is 0.462. The van der Waals surface area contributed by atoms with E-state index in [4.69, 9.17) is 0 Å². The van der Waals surface area contributed by atoms with E-state index in [1.165, 1.54) is 15.1 Å². The molecule has 0 fully saturated rings. The van der Waals surface area contributed by atoms with Gasteiger partial charge in [0.25, 0.3) is 5.56 Å². The van der Waals surface area contributed by atoms with Crippen LogP contribution in [0.1, 0.15) is 22.7 Å². The van der Waals surface area contributed by atoms with Gasteiger partial charge in [0, 0.05) is 19.0 Å². The number of rotatable bonds is 2. The Labute approximate surface area is 115 Å². The summed E-state index contributed by atoms with van der Waals surface area (Å²) >= 11 is 1.66. The van der Waals surface area contributed by atoms with Crippen molar-refractivity contribution in [1.82, 2.24) is 14.6 Å². The van der Waals surface area contributed by atoms with Crippen LogP contribution in [0.5, 0.6) is 0 Å². The maximum absolute atomic E-state index is 12.6. The molecule has 0 aromatic carbocycles. The number of hydrogen-bond acceptors (Lipinski definition) is 4. The van der Waals surface area contributed by atoms with Crippen LogP contribution in [0.2, 0.25) is 0 Å². The van der Waals surface area contributed by atoms with Gasteiger partial charge in [-0.2, -0.15) is 9.78 Å². The van der Waals surface area contributed by atoms with Gasteiger partial charge in [-0.05, 0) is 31.7 Å². The van der Waals surface area contributed by atoms with Crippen LogP contribution in [-0.2, 0) is 12.8 Å². The molecule has 0 bridgehead atoms. The zero-order valence-corrected chi connectivity index (χ0v) is 12.1. The van der Waals surface area contributed by atoms with Crippen LogP contribution in [0.15, 0.2) is 9.90 Å². The van der Waals surface area contributed by atoms with E-state index < -0.39 is 0 Å². The van der Waals surface area contributed by atoms with Crippen LogP contribution in [0.3, 0.4) is 0 Å². The third-order valence-electron chi connectivity index (χ3n) is 3.28. The highest BCUT2D eigenvalue weighted by atomic mass is 32.1. The molecule has 0 spiro atoms. The topological polar surface area (TPSA) is 50.5 Å². The molecule has 1 aliphatic rings. The normalized spacial score (nSPS) is 14.5. The lowest BCUT2D eigenvalue weighted by Crippen LogP contribution is -2.22. The smallest absolute Gasteiger partial charge is 0.283 e. The Morgan fingerprint density at radius 1 is 1.42 bits per heavy atom. The van der Waals surface area contributed by atoms with Crippen LogP contribution in [0.4, 0.5) is 0 Å². The van der Waals surface area contributed by atoms with E-state index in [1.807, 2.05) is 21.0 Å². The summed E-state index contributed by atoms with van der Waals surface area (Å²) in [5.74, 6) is 0.635. The maximum Gasteiger partial charge on any atom is 0.283 e. The van der Waals surface area contributed by atoms with Crippen molar-refractivity contribution in [2.45, 2.75) is 26.2 Å². The zero-order chi connectivity index (χ0) is 13.6. The lowest BCUT2D eigenvalue weighted by molar-refractivity contribution is 0.626. The van der Waals surface area contributed by atoms with Crippen molar-refractivity contribution in [1.29, 1.82) is 0 Å². The van der Waals surface area contributed by atoms with Crippen molar-refractivity contribution in [2.24, 2.45) is 5.10 Å². The van der Waals surface area contributed by atoms with E-state index in [9.17, 15) is 4.79 Å². The van der Waals surface area contributed by atoms with E-state index in [2.05, 4.69) is 10.1 Å². The molecule has 0 atom stereocenters. The van der Waals surface area contributed by atoms with Crippen LogP contribution >= 0.6 is 11.3 Å². The second-order valence-electron chi connectivity index (χ2n) is 5.01. The van der Waals surface area contributed by atoms with Crippen LogP contribution in [0.25, 0.3) is 10.2 Å². The largest absolute Gasteiger partial charge is 0.367 e. The molecule has 100 valence electrons. The molecule has 0 amide bonds. The number of nitrogens with zero attached hydrogens (tertiary/aromatic N) is 4. The third kappa shape index (κ3) is 1.96. The molecule has 0 aliphatic heterocycles. The first-order valence-electron chi connectivity index (χ1n) is 6.32. The predicted octanol–water partition coefficient (Wildman–Crippen LogP) is 1.61. The summed E-state index contributed by atoms with van der Waals surface area (Å²) in [6, 6.07) is 0. The molecular formula is C13H16N4OS. The van der Waals surface area contributed by atoms with Gasteiger partial charge >= 0.3 is 0 Å². The summed E-state index contributed by atoms with van der Waals surface area (Å²) in [5, 5.41) is 4.98. The fourth-order valence-corrected chi connectivity index (χ4v) is 3.72. The van der Waals surface area contributed by atoms with Crippen molar-refractivity contribution in [3.05, 3.63) is 26.6 Å². The van der Waals surface area contributed by atoms with E-state index in [0.717, 1.165) is 29.5 Å². The fourth-order valence-electron chi connectivity index (χ4n) is 2.43. The van der Waals surface area contributed by atoms with Gasteiger partial charge in [-0.15, -0.1) is 11.3 Å². The van der Waals surface area contributed by atoms with Gasteiger partial charge in [0.05, 0.1) is 5.39 Å². The quantitative estimate of drug-likeness (QED) is 0.618. The first kappa shape index (κ1) is 12.3. The molecule has 2 aromatic rings. The number of fused-ring (bicyclic) bond motifs is 3. The first-order valence-corrected chi connectivity index (χ1v) is 7.14. The summed E-state index contributed by atoms with van der Waals surface area (Å²) < 4.78 is 1.40. The van der Waals surface area contributed by atoms with Gasteiger partial charge < -0.3 is 4.90 Å². The number of aryl methyl sites for hydroxylation is 3. The van der Waals surface area contributed by atoms with Gasteiger partial charge in [-0.25, -0.2) is 4.98 Å². The molecule has 5 nitrogen and oxygen atoms in total. The monoisotopic (exact) mass is 276 g/mol. The molecule has 0 unspecified atom stereocenters. The van der Waals surface area contributed by atoms with E-state index in [-0.39, 0.29) is 5.56 Å². The minimum atomic E-state index is -0.0417. The molecule has 2 heterocycles. The summed E-state index contributed by atoms with van der Waals surface area (Å²) in [6.45, 7) is 1.82. The number of aromatic nitrogens is 2. The molecule has 6 heteroatoms. The highest BCUT2D eigenvalue weighted by Gasteiger charge is 2.22. The van der Waals surface area contributed by atoms with Gasteiger partial charge in [-0.3, -0.25) is 4.79 Å². The molecule has 1 aliphatic carbocycles. The standard InChI is InChI=1S/C13H16N4OS/c1-8-15-12-11(9-5-4-6-10(9)19-12)13(18)17(8)14-7-16(2)3/h7H,4-6H2,1-3H3. The Bertz CT molecular complexity index is 726. The maximum atomic E-state index is 12.6. The summed E-state index contributed by atoms with van der Waals surface area (Å²) in [4.78, 5) is 21.1. The van der Waals surface area contributed by atoms with E-state index >= 15 is 0 Å². The van der Waals surface area contributed by atoms with Crippen molar-refractivity contribution in [2.75, 3.05) is 14.1 Å². The SMILES string of the molecule is Cc1nc2sc3c(c2c(=O)n1N=CN(C)C)CCC3. The van der Waals surface area contributed by atoms with Gasteiger partial charge in [0.2, 0.25) is 0 Å². The summed E-state index contributed by atoms with van der Waals surface area (Å²) in [6.07, 6.45) is 4.84. The Balaban J connectivity index is 2.26. The van der Waals surface area contributed by atoms with E-state index in [1.54, 1.807) is 22.6 Å².